The fourth-order valence-corrected chi connectivity index (χ4v) is 1.09. The lowest BCUT2D eigenvalue weighted by Gasteiger charge is -2.18. The molecule has 18 heavy (non-hydrogen) atoms. The van der Waals surface area contributed by atoms with Crippen molar-refractivity contribution in [3.63, 3.8) is 0 Å². The summed E-state index contributed by atoms with van der Waals surface area (Å²) in [6.07, 6.45) is 1.34. The maximum absolute atomic E-state index is 11.6. The van der Waals surface area contributed by atoms with Crippen molar-refractivity contribution in [1.29, 1.82) is 0 Å². The van der Waals surface area contributed by atoms with E-state index in [2.05, 4.69) is 20.7 Å². The molecule has 0 saturated heterocycles. The summed E-state index contributed by atoms with van der Waals surface area (Å²) >= 11 is 0. The molecular weight excluding hydrogens is 238 g/mol. The number of H-pyrrole nitrogens is 1. The number of nitrogens with zero attached hydrogens (tertiary/aromatic N) is 2. The van der Waals surface area contributed by atoms with Gasteiger partial charge in [-0.05, 0) is 20.8 Å². The molecule has 0 aromatic carbocycles. The molecule has 0 spiro atoms. The van der Waals surface area contributed by atoms with Crippen molar-refractivity contribution < 1.29 is 14.7 Å². The van der Waals surface area contributed by atoms with Gasteiger partial charge in [0.15, 0.2) is 5.84 Å². The largest absolute Gasteiger partial charge is 0.409 e. The van der Waals surface area contributed by atoms with Crippen molar-refractivity contribution >= 4 is 17.6 Å². The van der Waals surface area contributed by atoms with E-state index in [-0.39, 0.29) is 24.2 Å². The average molecular weight is 255 g/mol. The number of nitrogens with one attached hydrogen (secondary N) is 2. The molecule has 0 unspecified atom stereocenters. The second kappa shape index (κ2) is 5.50. The van der Waals surface area contributed by atoms with Crippen LogP contribution in [-0.2, 0) is 9.53 Å². The van der Waals surface area contributed by atoms with Gasteiger partial charge in [0.05, 0.1) is 17.4 Å². The van der Waals surface area contributed by atoms with E-state index in [1.54, 1.807) is 0 Å². The predicted molar refractivity (Wildman–Crippen MR) is 65.4 cm³/mol. The van der Waals surface area contributed by atoms with Gasteiger partial charge in [-0.25, -0.2) is 0 Å². The minimum Gasteiger partial charge on any atom is -0.409 e. The standard InChI is InChI=1S/C10H17N5O3/c1-10(2,3)18-5-7(16)13-9-6(4-12-14-9)8(11)15-17/h4,17H,5H2,1-3H3,(H2,11,15)(H2,12,13,14,16). The van der Waals surface area contributed by atoms with Crippen LogP contribution < -0.4 is 11.1 Å². The molecule has 1 aromatic heterocycles. The fourth-order valence-electron chi connectivity index (χ4n) is 1.09. The summed E-state index contributed by atoms with van der Waals surface area (Å²) in [6, 6.07) is 0. The van der Waals surface area contributed by atoms with Crippen molar-refractivity contribution in [1.82, 2.24) is 10.2 Å². The summed E-state index contributed by atoms with van der Waals surface area (Å²) in [6.45, 7) is 5.44. The highest BCUT2D eigenvalue weighted by molar-refractivity contribution is 6.04. The Morgan fingerprint density at radius 1 is 1.67 bits per heavy atom. The number of ether oxygens (including phenoxy) is 1. The van der Waals surface area contributed by atoms with Gasteiger partial charge in [0.2, 0.25) is 0 Å². The van der Waals surface area contributed by atoms with E-state index in [4.69, 9.17) is 15.7 Å². The molecule has 100 valence electrons. The molecule has 1 rings (SSSR count). The molecule has 0 aliphatic heterocycles. The van der Waals surface area contributed by atoms with Gasteiger partial charge in [0, 0.05) is 0 Å². The summed E-state index contributed by atoms with van der Waals surface area (Å²) in [7, 11) is 0. The van der Waals surface area contributed by atoms with Crippen LogP contribution >= 0.6 is 0 Å². The van der Waals surface area contributed by atoms with Gasteiger partial charge in [-0.3, -0.25) is 9.89 Å². The molecule has 0 radical (unpaired) electrons. The molecule has 8 heteroatoms. The lowest BCUT2D eigenvalue weighted by Crippen LogP contribution is -2.28. The molecule has 0 aliphatic carbocycles. The molecule has 0 aliphatic rings. The summed E-state index contributed by atoms with van der Waals surface area (Å²) in [5.74, 6) is -0.246. The van der Waals surface area contributed by atoms with Crippen molar-refractivity contribution in [2.75, 3.05) is 11.9 Å². The Kier molecular flexibility index (Phi) is 4.27. The summed E-state index contributed by atoms with van der Waals surface area (Å²) in [5.41, 5.74) is 5.32. The van der Waals surface area contributed by atoms with E-state index < -0.39 is 5.60 Å². The topological polar surface area (TPSA) is 126 Å². The second-order valence-corrected chi connectivity index (χ2v) is 4.59. The number of anilines is 1. The Morgan fingerprint density at radius 2 is 2.33 bits per heavy atom. The number of rotatable bonds is 4. The zero-order valence-electron chi connectivity index (χ0n) is 10.5. The van der Waals surface area contributed by atoms with E-state index in [0.29, 0.717) is 5.56 Å². The minimum atomic E-state index is -0.403. The highest BCUT2D eigenvalue weighted by Crippen LogP contribution is 2.11. The van der Waals surface area contributed by atoms with E-state index in [1.807, 2.05) is 20.8 Å². The van der Waals surface area contributed by atoms with Gasteiger partial charge < -0.3 is 21.0 Å². The first-order valence-corrected chi connectivity index (χ1v) is 5.28. The Hall–Kier alpha value is -2.09. The van der Waals surface area contributed by atoms with Gasteiger partial charge >= 0.3 is 0 Å². The molecule has 5 N–H and O–H groups in total. The number of carbonyl (C=O) groups excluding carboxylic acids is 1. The summed E-state index contributed by atoms with van der Waals surface area (Å²) in [5, 5.41) is 20.2. The van der Waals surface area contributed by atoms with Crippen molar-refractivity contribution in [3.8, 4) is 0 Å². The third-order valence-electron chi connectivity index (χ3n) is 1.92. The maximum atomic E-state index is 11.6. The monoisotopic (exact) mass is 255 g/mol. The molecule has 1 aromatic rings. The number of amides is 1. The number of hydrogen-bond donors (Lipinski definition) is 4. The third-order valence-corrected chi connectivity index (χ3v) is 1.92. The first kappa shape index (κ1) is 14.0. The molecule has 0 saturated carbocycles. The zero-order valence-corrected chi connectivity index (χ0v) is 10.5. The second-order valence-electron chi connectivity index (χ2n) is 4.59. The Labute approximate surface area is 104 Å². The first-order valence-electron chi connectivity index (χ1n) is 5.28. The molecule has 0 bridgehead atoms. The van der Waals surface area contributed by atoms with Crippen molar-refractivity contribution in [2.24, 2.45) is 10.9 Å². The Morgan fingerprint density at radius 3 is 2.89 bits per heavy atom. The minimum absolute atomic E-state index is 0.0991. The van der Waals surface area contributed by atoms with Crippen LogP contribution in [0.3, 0.4) is 0 Å². The third kappa shape index (κ3) is 4.06. The van der Waals surface area contributed by atoms with Gasteiger partial charge in [-0.1, -0.05) is 5.16 Å². The van der Waals surface area contributed by atoms with Gasteiger partial charge in [-0.2, -0.15) is 5.10 Å². The number of amidine groups is 1. The van der Waals surface area contributed by atoms with E-state index >= 15 is 0 Å². The van der Waals surface area contributed by atoms with Gasteiger partial charge in [0.25, 0.3) is 5.91 Å². The molecule has 1 heterocycles. The highest BCUT2D eigenvalue weighted by atomic mass is 16.5. The van der Waals surface area contributed by atoms with Gasteiger partial charge in [-0.15, -0.1) is 0 Å². The molecule has 0 atom stereocenters. The smallest absolute Gasteiger partial charge is 0.251 e. The van der Waals surface area contributed by atoms with Crippen molar-refractivity contribution in [3.05, 3.63) is 11.8 Å². The van der Waals surface area contributed by atoms with E-state index in [9.17, 15) is 4.79 Å². The highest BCUT2D eigenvalue weighted by Gasteiger charge is 2.15. The van der Waals surface area contributed by atoms with E-state index in [0.717, 1.165) is 0 Å². The molecular formula is C10H17N5O3. The Balaban J connectivity index is 2.63. The summed E-state index contributed by atoms with van der Waals surface area (Å²) < 4.78 is 5.31. The lowest BCUT2D eigenvalue weighted by molar-refractivity contribution is -0.125. The Bertz CT molecular complexity index is 447. The number of aromatic nitrogens is 2. The average Bonchev–Trinajstić information content (AvgIpc) is 2.72. The van der Waals surface area contributed by atoms with Crippen molar-refractivity contribution in [2.45, 2.75) is 26.4 Å². The molecule has 8 nitrogen and oxygen atoms in total. The SMILES string of the molecule is CC(C)(C)OCC(=O)Nc1[nH]ncc1C(N)=NO. The maximum Gasteiger partial charge on any atom is 0.251 e. The normalized spacial score (nSPS) is 12.5. The molecule has 1 amide bonds. The first-order chi connectivity index (χ1) is 8.33. The predicted octanol–water partition coefficient (Wildman–Crippen LogP) is 0.258. The van der Waals surface area contributed by atoms with Crippen LogP contribution in [0.25, 0.3) is 0 Å². The number of hydrogen-bond acceptors (Lipinski definition) is 5. The number of nitrogens with two attached hydrogens (primary N) is 1. The lowest BCUT2D eigenvalue weighted by atomic mass is 10.2. The summed E-state index contributed by atoms with van der Waals surface area (Å²) in [4.78, 5) is 11.6. The van der Waals surface area contributed by atoms with E-state index in [1.165, 1.54) is 6.20 Å². The van der Waals surface area contributed by atoms with Crippen LogP contribution in [0, 0.1) is 0 Å². The number of aromatic amines is 1. The number of carbonyl (C=O) groups is 1. The van der Waals surface area contributed by atoms with Crippen LogP contribution in [0.1, 0.15) is 26.3 Å². The van der Waals surface area contributed by atoms with Crippen LogP contribution in [-0.4, -0.2) is 39.4 Å². The molecule has 0 fully saturated rings. The number of oxime groups is 1. The van der Waals surface area contributed by atoms with Crippen LogP contribution in [0.2, 0.25) is 0 Å². The van der Waals surface area contributed by atoms with Gasteiger partial charge in [0.1, 0.15) is 12.4 Å². The zero-order chi connectivity index (χ0) is 13.8. The van der Waals surface area contributed by atoms with Crippen LogP contribution in [0.4, 0.5) is 5.82 Å². The van der Waals surface area contributed by atoms with Crippen LogP contribution in [0.5, 0.6) is 0 Å². The quantitative estimate of drug-likeness (QED) is 0.266. The fraction of sp³-hybridized carbons (Fsp3) is 0.500. The van der Waals surface area contributed by atoms with Crippen LogP contribution in [0.15, 0.2) is 11.4 Å².